The van der Waals surface area contributed by atoms with Crippen LogP contribution in [-0.4, -0.2) is 15.6 Å². The fourth-order valence-corrected chi connectivity index (χ4v) is 2.34. The molecule has 1 heterocycles. The molecular weight excluding hydrogens is 362 g/mol. The van der Waals surface area contributed by atoms with Gasteiger partial charge in [-0.1, -0.05) is 11.6 Å². The Morgan fingerprint density at radius 1 is 1.25 bits per heavy atom. The van der Waals surface area contributed by atoms with E-state index in [0.29, 0.717) is 4.47 Å². The minimum atomic E-state index is -4.56. The van der Waals surface area contributed by atoms with Crippen molar-refractivity contribution in [2.24, 2.45) is 0 Å². The van der Waals surface area contributed by atoms with Crippen molar-refractivity contribution in [1.82, 2.24) is 4.57 Å². The molecule has 20 heavy (non-hydrogen) atoms. The van der Waals surface area contributed by atoms with Gasteiger partial charge in [-0.3, -0.25) is 0 Å². The van der Waals surface area contributed by atoms with Crippen LogP contribution < -0.4 is 0 Å². The van der Waals surface area contributed by atoms with Crippen molar-refractivity contribution in [1.29, 1.82) is 0 Å². The minimum Gasteiger partial charge on any atom is -0.477 e. The zero-order chi connectivity index (χ0) is 15.1. The third-order valence-electron chi connectivity index (χ3n) is 2.49. The van der Waals surface area contributed by atoms with Crippen LogP contribution in [0.3, 0.4) is 0 Å². The van der Waals surface area contributed by atoms with Crippen LogP contribution in [-0.2, 0) is 6.18 Å². The summed E-state index contributed by atoms with van der Waals surface area (Å²) in [5.41, 5.74) is -1.10. The van der Waals surface area contributed by atoms with Gasteiger partial charge >= 0.3 is 12.1 Å². The fourth-order valence-electron chi connectivity index (χ4n) is 1.69. The summed E-state index contributed by atoms with van der Waals surface area (Å²) in [7, 11) is 0. The summed E-state index contributed by atoms with van der Waals surface area (Å²) in [5, 5.41) is 8.91. The van der Waals surface area contributed by atoms with Crippen molar-refractivity contribution in [2.45, 2.75) is 6.18 Å². The van der Waals surface area contributed by atoms with Gasteiger partial charge in [0.1, 0.15) is 5.69 Å². The van der Waals surface area contributed by atoms with Crippen LogP contribution in [0.15, 0.2) is 34.9 Å². The van der Waals surface area contributed by atoms with E-state index in [1.807, 2.05) is 0 Å². The molecule has 0 saturated carbocycles. The van der Waals surface area contributed by atoms with Gasteiger partial charge in [-0.15, -0.1) is 0 Å². The third kappa shape index (κ3) is 2.99. The molecule has 1 N–H and O–H groups in total. The van der Waals surface area contributed by atoms with Crippen LogP contribution in [0, 0.1) is 0 Å². The summed E-state index contributed by atoms with van der Waals surface area (Å²) >= 11 is 8.76. The van der Waals surface area contributed by atoms with Crippen LogP contribution in [0.1, 0.15) is 16.1 Å². The molecule has 0 fully saturated rings. The number of rotatable bonds is 2. The molecule has 0 spiro atoms. The number of carboxylic acids is 1. The second kappa shape index (κ2) is 5.14. The van der Waals surface area contributed by atoms with Gasteiger partial charge < -0.3 is 9.67 Å². The first-order valence-electron chi connectivity index (χ1n) is 5.18. The number of hydrogen-bond acceptors (Lipinski definition) is 1. The van der Waals surface area contributed by atoms with Crippen LogP contribution in [0.25, 0.3) is 5.69 Å². The van der Waals surface area contributed by atoms with E-state index in [-0.39, 0.29) is 16.4 Å². The lowest BCUT2D eigenvalue weighted by molar-refractivity contribution is -0.137. The van der Waals surface area contributed by atoms with Gasteiger partial charge in [0.2, 0.25) is 0 Å². The zero-order valence-electron chi connectivity index (χ0n) is 9.58. The van der Waals surface area contributed by atoms with Crippen molar-refractivity contribution in [3.05, 3.63) is 51.2 Å². The maximum Gasteiger partial charge on any atom is 0.416 e. The molecule has 2 rings (SSSR count). The number of nitrogens with zero attached hydrogens (tertiary/aromatic N) is 1. The quantitative estimate of drug-likeness (QED) is 0.841. The molecule has 0 bridgehead atoms. The second-order valence-corrected chi connectivity index (χ2v) is 5.27. The monoisotopic (exact) mass is 367 g/mol. The number of aromatic nitrogens is 1. The maximum absolute atomic E-state index is 12.7. The Bertz CT molecular complexity index is 682. The molecule has 0 unspecified atom stereocenters. The van der Waals surface area contributed by atoms with E-state index in [4.69, 9.17) is 16.7 Å². The molecular formula is C12H6BrClF3NO2. The topological polar surface area (TPSA) is 42.2 Å². The number of carbonyl (C=O) groups is 1. The van der Waals surface area contributed by atoms with Crippen LogP contribution in [0.5, 0.6) is 0 Å². The lowest BCUT2D eigenvalue weighted by Gasteiger charge is -2.12. The molecule has 0 aliphatic carbocycles. The van der Waals surface area contributed by atoms with Gasteiger partial charge in [-0.2, -0.15) is 13.2 Å². The largest absolute Gasteiger partial charge is 0.477 e. The summed E-state index contributed by atoms with van der Waals surface area (Å²) in [5.74, 6) is -1.26. The molecule has 1 aromatic carbocycles. The Balaban J connectivity index is 2.64. The fraction of sp³-hybridized carbons (Fsp3) is 0.0833. The zero-order valence-corrected chi connectivity index (χ0v) is 11.9. The Hall–Kier alpha value is -1.47. The Morgan fingerprint density at radius 3 is 2.45 bits per heavy atom. The van der Waals surface area contributed by atoms with E-state index in [2.05, 4.69) is 15.9 Å². The second-order valence-electron chi connectivity index (χ2n) is 3.91. The average Bonchev–Trinajstić information content (AvgIpc) is 2.69. The molecule has 0 saturated heterocycles. The van der Waals surface area contributed by atoms with Crippen molar-refractivity contribution >= 4 is 33.5 Å². The number of carboxylic acid groups (broad SMARTS) is 1. The van der Waals surface area contributed by atoms with Gasteiger partial charge in [-0.25, -0.2) is 4.79 Å². The Labute approximate surface area is 124 Å². The summed E-state index contributed by atoms with van der Waals surface area (Å²) in [6, 6.07) is 4.17. The van der Waals surface area contributed by atoms with Crippen molar-refractivity contribution in [2.75, 3.05) is 0 Å². The summed E-state index contributed by atoms with van der Waals surface area (Å²) < 4.78 is 39.8. The third-order valence-corrected chi connectivity index (χ3v) is 3.15. The lowest BCUT2D eigenvalue weighted by Crippen LogP contribution is -2.09. The van der Waals surface area contributed by atoms with E-state index in [0.717, 1.165) is 16.7 Å². The summed E-state index contributed by atoms with van der Waals surface area (Å²) in [6.45, 7) is 0. The molecule has 106 valence electrons. The molecule has 8 heteroatoms. The van der Waals surface area contributed by atoms with Crippen molar-refractivity contribution in [3.8, 4) is 5.69 Å². The predicted molar refractivity (Wildman–Crippen MR) is 70.4 cm³/mol. The van der Waals surface area contributed by atoms with Crippen molar-refractivity contribution < 1.29 is 23.1 Å². The molecule has 0 aliphatic rings. The van der Waals surface area contributed by atoms with Crippen LogP contribution in [0.2, 0.25) is 5.02 Å². The highest BCUT2D eigenvalue weighted by Crippen LogP contribution is 2.33. The van der Waals surface area contributed by atoms with Gasteiger partial charge in [0.15, 0.2) is 0 Å². The number of halogens is 5. The number of benzene rings is 1. The first-order valence-corrected chi connectivity index (χ1v) is 6.35. The highest BCUT2D eigenvalue weighted by molar-refractivity contribution is 9.10. The normalized spacial score (nSPS) is 11.7. The van der Waals surface area contributed by atoms with E-state index in [9.17, 15) is 18.0 Å². The molecule has 0 atom stereocenters. The molecule has 0 amide bonds. The molecule has 1 aromatic heterocycles. The SMILES string of the molecule is O=C(O)c1cc(Br)cn1-c1cc(Cl)cc(C(F)(F)F)c1. The van der Waals surface area contributed by atoms with Gasteiger partial charge in [0.25, 0.3) is 0 Å². The van der Waals surface area contributed by atoms with Gasteiger partial charge in [0, 0.05) is 21.4 Å². The minimum absolute atomic E-state index is 0.0212. The highest BCUT2D eigenvalue weighted by atomic mass is 79.9. The van der Waals surface area contributed by atoms with Crippen LogP contribution >= 0.6 is 27.5 Å². The average molecular weight is 369 g/mol. The van der Waals surface area contributed by atoms with Crippen LogP contribution in [0.4, 0.5) is 13.2 Å². The first kappa shape index (κ1) is 14.9. The number of aromatic carboxylic acids is 1. The highest BCUT2D eigenvalue weighted by Gasteiger charge is 2.31. The number of alkyl halides is 3. The lowest BCUT2D eigenvalue weighted by atomic mass is 10.2. The molecule has 0 radical (unpaired) electrons. The van der Waals surface area contributed by atoms with E-state index >= 15 is 0 Å². The van der Waals surface area contributed by atoms with Crippen molar-refractivity contribution in [3.63, 3.8) is 0 Å². The smallest absolute Gasteiger partial charge is 0.416 e. The standard InChI is InChI=1S/C12H6BrClF3NO2/c13-7-3-10(11(19)20)18(5-7)9-2-6(12(15,16)17)1-8(14)4-9/h1-5H,(H,19,20). The molecule has 0 aliphatic heterocycles. The van der Waals surface area contributed by atoms with Gasteiger partial charge in [-0.05, 0) is 40.2 Å². The van der Waals surface area contributed by atoms with E-state index in [1.54, 1.807) is 0 Å². The maximum atomic E-state index is 12.7. The number of hydrogen-bond donors (Lipinski definition) is 1. The Kier molecular flexibility index (Phi) is 3.84. The first-order chi connectivity index (χ1) is 9.18. The Morgan fingerprint density at radius 2 is 1.90 bits per heavy atom. The summed E-state index contributed by atoms with van der Waals surface area (Å²) in [4.78, 5) is 11.1. The molecule has 3 nitrogen and oxygen atoms in total. The predicted octanol–water partition coefficient (Wildman–Crippen LogP) is 4.61. The van der Waals surface area contributed by atoms with Gasteiger partial charge in [0.05, 0.1) is 5.56 Å². The van der Waals surface area contributed by atoms with E-state index in [1.165, 1.54) is 18.3 Å². The van der Waals surface area contributed by atoms with E-state index < -0.39 is 17.7 Å². The molecule has 2 aromatic rings. The summed E-state index contributed by atoms with van der Waals surface area (Å²) in [6.07, 6.45) is -3.21.